The number of Topliss-reactive ketones (excluding diaryl/α,β-unsaturated/α-hetero) is 1. The van der Waals surface area contributed by atoms with Gasteiger partial charge in [-0.15, -0.1) is 0 Å². The lowest BCUT2D eigenvalue weighted by molar-refractivity contribution is -0.118. The van der Waals surface area contributed by atoms with Crippen LogP contribution in [0.1, 0.15) is 30.6 Å². The van der Waals surface area contributed by atoms with E-state index in [1.165, 1.54) is 6.92 Å². The highest BCUT2D eigenvalue weighted by Crippen LogP contribution is 2.19. The molecule has 92 valence electrons. The summed E-state index contributed by atoms with van der Waals surface area (Å²) < 4.78 is 0. The van der Waals surface area contributed by atoms with Gasteiger partial charge in [-0.3, -0.25) is 9.59 Å². The van der Waals surface area contributed by atoms with Gasteiger partial charge in [0.05, 0.1) is 0 Å². The Balaban J connectivity index is 2.82. The number of ketones is 1. The Morgan fingerprint density at radius 3 is 2.59 bits per heavy atom. The number of carbonyl (C=O) groups is 2. The largest absolute Gasteiger partial charge is 0.398 e. The summed E-state index contributed by atoms with van der Waals surface area (Å²) >= 11 is 0. The van der Waals surface area contributed by atoms with Gasteiger partial charge in [0.1, 0.15) is 0 Å². The van der Waals surface area contributed by atoms with Gasteiger partial charge in [-0.2, -0.15) is 0 Å². The highest BCUT2D eigenvalue weighted by molar-refractivity contribution is 6.00. The molecule has 0 aromatic heterocycles. The topological polar surface area (TPSA) is 98.2 Å². The molecular weight excluding hydrogens is 218 g/mol. The van der Waals surface area contributed by atoms with Gasteiger partial charge in [0.15, 0.2) is 5.78 Å². The zero-order valence-corrected chi connectivity index (χ0v) is 9.99. The van der Waals surface area contributed by atoms with Crippen LogP contribution in [-0.4, -0.2) is 17.7 Å². The lowest BCUT2D eigenvalue weighted by Gasteiger charge is -2.14. The van der Waals surface area contributed by atoms with E-state index in [0.717, 1.165) is 5.69 Å². The number of amides is 1. The van der Waals surface area contributed by atoms with Crippen LogP contribution in [0.3, 0.4) is 0 Å². The minimum Gasteiger partial charge on any atom is -0.398 e. The van der Waals surface area contributed by atoms with Crippen molar-refractivity contribution in [2.75, 3.05) is 11.1 Å². The number of hydrogen-bond donors (Lipinski definition) is 3. The van der Waals surface area contributed by atoms with Crippen molar-refractivity contribution in [3.05, 3.63) is 23.8 Å². The Morgan fingerprint density at radius 1 is 1.41 bits per heavy atom. The number of primary amides is 1. The second-order valence-electron chi connectivity index (χ2n) is 4.07. The molecule has 0 fully saturated rings. The van der Waals surface area contributed by atoms with Crippen molar-refractivity contribution in [1.82, 2.24) is 0 Å². The van der Waals surface area contributed by atoms with Crippen molar-refractivity contribution < 1.29 is 9.59 Å². The van der Waals surface area contributed by atoms with Crippen molar-refractivity contribution >= 4 is 23.1 Å². The molecule has 1 aromatic rings. The molecule has 1 amide bonds. The zero-order valence-electron chi connectivity index (χ0n) is 9.99. The fraction of sp³-hybridized carbons (Fsp3) is 0.333. The Bertz CT molecular complexity index is 443. The number of nitrogen functional groups attached to an aromatic ring is 1. The maximum absolute atomic E-state index is 11.3. The third-order valence-electron chi connectivity index (χ3n) is 2.35. The van der Waals surface area contributed by atoms with Crippen LogP contribution in [0.4, 0.5) is 11.4 Å². The van der Waals surface area contributed by atoms with Crippen molar-refractivity contribution in [2.24, 2.45) is 5.73 Å². The highest BCUT2D eigenvalue weighted by Gasteiger charge is 2.09. The summed E-state index contributed by atoms with van der Waals surface area (Å²) in [4.78, 5) is 22.0. The maximum Gasteiger partial charge on any atom is 0.219 e. The Morgan fingerprint density at radius 2 is 2.06 bits per heavy atom. The molecule has 5 N–H and O–H groups in total. The minimum absolute atomic E-state index is 0.0871. The first-order valence-corrected chi connectivity index (χ1v) is 5.35. The summed E-state index contributed by atoms with van der Waals surface area (Å²) in [5, 5.41) is 3.09. The molecular formula is C12H17N3O2. The Hall–Kier alpha value is -2.04. The fourth-order valence-corrected chi connectivity index (χ4v) is 1.59. The minimum atomic E-state index is -0.368. The van der Waals surface area contributed by atoms with Crippen LogP contribution in [0.2, 0.25) is 0 Å². The van der Waals surface area contributed by atoms with Gasteiger partial charge in [-0.25, -0.2) is 0 Å². The standard InChI is InChI=1S/C12H17N3O2/c1-7(5-12(14)17)15-9-3-4-11(13)10(6-9)8(2)16/h3-4,6-7,15H,5,13H2,1-2H3,(H2,14,17). The smallest absolute Gasteiger partial charge is 0.219 e. The molecule has 1 unspecified atom stereocenters. The third-order valence-corrected chi connectivity index (χ3v) is 2.35. The number of benzene rings is 1. The summed E-state index contributed by atoms with van der Waals surface area (Å²) in [5.74, 6) is -0.457. The predicted molar refractivity (Wildman–Crippen MR) is 67.8 cm³/mol. The quantitative estimate of drug-likeness (QED) is 0.526. The van der Waals surface area contributed by atoms with E-state index < -0.39 is 0 Å². The van der Waals surface area contributed by atoms with Gasteiger partial charge in [0.2, 0.25) is 5.91 Å². The normalized spacial score (nSPS) is 11.9. The third kappa shape index (κ3) is 3.79. The van der Waals surface area contributed by atoms with Crippen LogP contribution in [0, 0.1) is 0 Å². The predicted octanol–water partition coefficient (Wildman–Crippen LogP) is 1.15. The molecule has 0 bridgehead atoms. The molecule has 0 spiro atoms. The first kappa shape index (κ1) is 13.0. The molecule has 17 heavy (non-hydrogen) atoms. The second-order valence-corrected chi connectivity index (χ2v) is 4.07. The Kier molecular flexibility index (Phi) is 4.09. The van der Waals surface area contributed by atoms with E-state index in [2.05, 4.69) is 5.32 Å². The molecule has 0 aliphatic heterocycles. The van der Waals surface area contributed by atoms with Crippen LogP contribution < -0.4 is 16.8 Å². The summed E-state index contributed by atoms with van der Waals surface area (Å²) in [6.07, 6.45) is 0.236. The summed E-state index contributed by atoms with van der Waals surface area (Å²) in [7, 11) is 0. The van der Waals surface area contributed by atoms with Crippen LogP contribution in [0.25, 0.3) is 0 Å². The average Bonchev–Trinajstić information content (AvgIpc) is 2.19. The fourth-order valence-electron chi connectivity index (χ4n) is 1.59. The van der Waals surface area contributed by atoms with Crippen molar-refractivity contribution in [3.63, 3.8) is 0 Å². The maximum atomic E-state index is 11.3. The van der Waals surface area contributed by atoms with E-state index in [1.807, 2.05) is 6.92 Å². The number of hydrogen-bond acceptors (Lipinski definition) is 4. The SMILES string of the molecule is CC(=O)c1cc(NC(C)CC(N)=O)ccc1N. The molecule has 0 aliphatic rings. The highest BCUT2D eigenvalue weighted by atomic mass is 16.1. The molecule has 5 heteroatoms. The van der Waals surface area contributed by atoms with Gasteiger partial charge in [-0.1, -0.05) is 0 Å². The molecule has 1 aromatic carbocycles. The van der Waals surface area contributed by atoms with Crippen molar-refractivity contribution in [3.8, 4) is 0 Å². The van der Waals surface area contributed by atoms with Gasteiger partial charge in [0.25, 0.3) is 0 Å². The van der Waals surface area contributed by atoms with Gasteiger partial charge < -0.3 is 16.8 Å². The van der Waals surface area contributed by atoms with E-state index in [4.69, 9.17) is 11.5 Å². The Labute approximate surface area is 100 Å². The molecule has 1 atom stereocenters. The van der Waals surface area contributed by atoms with E-state index in [9.17, 15) is 9.59 Å². The molecule has 0 saturated heterocycles. The van der Waals surface area contributed by atoms with E-state index >= 15 is 0 Å². The molecule has 0 heterocycles. The van der Waals surface area contributed by atoms with Crippen LogP contribution in [0.15, 0.2) is 18.2 Å². The number of carbonyl (C=O) groups excluding carboxylic acids is 2. The van der Waals surface area contributed by atoms with E-state index in [0.29, 0.717) is 11.3 Å². The summed E-state index contributed by atoms with van der Waals surface area (Å²) in [6, 6.07) is 5.01. The zero-order chi connectivity index (χ0) is 13.0. The number of rotatable bonds is 5. The summed E-state index contributed by atoms with van der Waals surface area (Å²) in [6.45, 7) is 3.30. The first-order valence-electron chi connectivity index (χ1n) is 5.35. The number of anilines is 2. The van der Waals surface area contributed by atoms with E-state index in [-0.39, 0.29) is 24.2 Å². The van der Waals surface area contributed by atoms with E-state index in [1.54, 1.807) is 18.2 Å². The second kappa shape index (κ2) is 5.34. The van der Waals surface area contributed by atoms with Crippen LogP contribution in [-0.2, 0) is 4.79 Å². The van der Waals surface area contributed by atoms with Crippen molar-refractivity contribution in [2.45, 2.75) is 26.3 Å². The molecule has 0 aliphatic carbocycles. The number of nitrogens with two attached hydrogens (primary N) is 2. The molecule has 0 saturated carbocycles. The summed E-state index contributed by atoms with van der Waals surface area (Å²) in [5.41, 5.74) is 12.4. The van der Waals surface area contributed by atoms with Gasteiger partial charge >= 0.3 is 0 Å². The lowest BCUT2D eigenvalue weighted by Crippen LogP contribution is -2.24. The monoisotopic (exact) mass is 235 g/mol. The van der Waals surface area contributed by atoms with Gasteiger partial charge in [-0.05, 0) is 32.0 Å². The first-order chi connectivity index (χ1) is 7.90. The van der Waals surface area contributed by atoms with Crippen LogP contribution in [0.5, 0.6) is 0 Å². The average molecular weight is 235 g/mol. The number of nitrogens with one attached hydrogen (secondary N) is 1. The van der Waals surface area contributed by atoms with Gasteiger partial charge in [0, 0.05) is 29.4 Å². The lowest BCUT2D eigenvalue weighted by atomic mass is 10.1. The van der Waals surface area contributed by atoms with Crippen molar-refractivity contribution in [1.29, 1.82) is 0 Å². The molecule has 1 rings (SSSR count). The molecule has 0 radical (unpaired) electrons. The molecule has 5 nitrogen and oxygen atoms in total. The van der Waals surface area contributed by atoms with Crippen LogP contribution >= 0.6 is 0 Å².